The lowest BCUT2D eigenvalue weighted by molar-refractivity contribution is -0.114. The van der Waals surface area contributed by atoms with E-state index in [-0.39, 0.29) is 17.8 Å². The maximum atomic E-state index is 14.7. The first-order chi connectivity index (χ1) is 14.1. The molecule has 29 heavy (non-hydrogen) atoms. The molecule has 1 unspecified atom stereocenters. The van der Waals surface area contributed by atoms with Crippen LogP contribution in [0.2, 0.25) is 0 Å². The first kappa shape index (κ1) is 17.9. The van der Waals surface area contributed by atoms with Crippen molar-refractivity contribution in [2.24, 2.45) is 5.92 Å². The number of imidazole rings is 1. The molecule has 1 N–H and O–H groups in total. The van der Waals surface area contributed by atoms with Gasteiger partial charge in [-0.25, -0.2) is 9.37 Å². The smallest absolute Gasteiger partial charge is 0.221 e. The molecule has 1 atom stereocenters. The summed E-state index contributed by atoms with van der Waals surface area (Å²) in [6.07, 6.45) is 5.62. The predicted octanol–water partition coefficient (Wildman–Crippen LogP) is 4.47. The summed E-state index contributed by atoms with van der Waals surface area (Å²) in [5.41, 5.74) is 4.71. The normalized spacial score (nSPS) is 18.4. The van der Waals surface area contributed by atoms with Gasteiger partial charge in [0.15, 0.2) is 0 Å². The summed E-state index contributed by atoms with van der Waals surface area (Å²) in [6, 6.07) is 13.3. The number of nitrogens with one attached hydrogen (secondary N) is 1. The molecule has 148 valence electrons. The molecule has 1 fully saturated rings. The number of hydrogen-bond acceptors (Lipinski definition) is 3. The zero-order valence-corrected chi connectivity index (χ0v) is 16.3. The van der Waals surface area contributed by atoms with Crippen LogP contribution in [-0.4, -0.2) is 28.5 Å². The Morgan fingerprint density at radius 1 is 1.17 bits per heavy atom. The fourth-order valence-electron chi connectivity index (χ4n) is 4.85. The summed E-state index contributed by atoms with van der Waals surface area (Å²) in [5.74, 6) is 0.163. The van der Waals surface area contributed by atoms with Crippen molar-refractivity contribution in [3.05, 3.63) is 66.4 Å². The number of fused-ring (bicyclic) bond motifs is 3. The highest BCUT2D eigenvalue weighted by molar-refractivity contribution is 5.89. The minimum Gasteiger partial charge on any atom is -0.371 e. The van der Waals surface area contributed by atoms with Gasteiger partial charge >= 0.3 is 0 Å². The molecule has 0 bridgehead atoms. The highest BCUT2D eigenvalue weighted by atomic mass is 19.1. The number of amides is 1. The third-order valence-electron chi connectivity index (χ3n) is 6.11. The first-order valence-corrected chi connectivity index (χ1v) is 10.0. The van der Waals surface area contributed by atoms with Crippen LogP contribution in [0.15, 0.2) is 55.0 Å². The number of carbonyl (C=O) groups is 1. The maximum Gasteiger partial charge on any atom is 0.221 e. The Balaban J connectivity index is 1.36. The highest BCUT2D eigenvalue weighted by Crippen LogP contribution is 2.46. The second kappa shape index (κ2) is 7.03. The second-order valence-corrected chi connectivity index (χ2v) is 7.89. The van der Waals surface area contributed by atoms with Crippen molar-refractivity contribution in [3.8, 4) is 11.3 Å². The standard InChI is InChI=1S/C23H23FN4O/c1-15(29)26-17-4-2-5-18(12-17)27-10-8-16(9-11-27)23-22-19(6-3-7-20(22)24)21-13-25-14-28(21)23/h2-7,12-14,16,23H,8-11H2,1H3,(H,26,29). The van der Waals surface area contributed by atoms with Gasteiger partial charge in [0.25, 0.3) is 0 Å². The van der Waals surface area contributed by atoms with Crippen molar-refractivity contribution < 1.29 is 9.18 Å². The lowest BCUT2D eigenvalue weighted by atomic mass is 9.85. The summed E-state index contributed by atoms with van der Waals surface area (Å²) in [6.45, 7) is 3.32. The molecule has 1 amide bonds. The maximum absolute atomic E-state index is 14.7. The Morgan fingerprint density at radius 3 is 2.76 bits per heavy atom. The first-order valence-electron chi connectivity index (χ1n) is 10.0. The Kier molecular flexibility index (Phi) is 4.34. The molecule has 0 radical (unpaired) electrons. The molecule has 0 aliphatic carbocycles. The summed E-state index contributed by atoms with van der Waals surface area (Å²) >= 11 is 0. The van der Waals surface area contributed by atoms with Crippen molar-refractivity contribution in [3.63, 3.8) is 0 Å². The molecule has 6 heteroatoms. The SMILES string of the molecule is CC(=O)Nc1cccc(N2CCC(C3c4c(F)cccc4-c4cncn43)CC2)c1. The Hall–Kier alpha value is -3.15. The molecule has 5 nitrogen and oxygen atoms in total. The van der Waals surface area contributed by atoms with Crippen molar-refractivity contribution in [2.75, 3.05) is 23.3 Å². The van der Waals surface area contributed by atoms with E-state index in [4.69, 9.17) is 0 Å². The van der Waals surface area contributed by atoms with Crippen molar-refractivity contribution in [1.82, 2.24) is 9.55 Å². The lowest BCUT2D eigenvalue weighted by Gasteiger charge is -2.37. The predicted molar refractivity (Wildman–Crippen MR) is 111 cm³/mol. The monoisotopic (exact) mass is 390 g/mol. The number of hydrogen-bond donors (Lipinski definition) is 1. The van der Waals surface area contributed by atoms with E-state index in [9.17, 15) is 9.18 Å². The third-order valence-corrected chi connectivity index (χ3v) is 6.11. The fourth-order valence-corrected chi connectivity index (χ4v) is 4.85. The van der Waals surface area contributed by atoms with E-state index in [0.29, 0.717) is 5.92 Å². The molecule has 1 saturated heterocycles. The van der Waals surface area contributed by atoms with E-state index < -0.39 is 0 Å². The molecule has 1 aromatic heterocycles. The van der Waals surface area contributed by atoms with Gasteiger partial charge < -0.3 is 14.8 Å². The van der Waals surface area contributed by atoms with Gasteiger partial charge in [0, 0.05) is 42.5 Å². The van der Waals surface area contributed by atoms with Gasteiger partial charge in [0.05, 0.1) is 24.3 Å². The molecule has 2 aliphatic heterocycles. The average molecular weight is 390 g/mol. The van der Waals surface area contributed by atoms with Crippen LogP contribution in [0.1, 0.15) is 31.4 Å². The minimum atomic E-state index is -0.123. The number of benzene rings is 2. The fraction of sp³-hybridized carbons (Fsp3) is 0.304. The van der Waals surface area contributed by atoms with E-state index in [2.05, 4.69) is 25.8 Å². The van der Waals surface area contributed by atoms with Crippen LogP contribution < -0.4 is 10.2 Å². The van der Waals surface area contributed by atoms with Gasteiger partial charge in [0.2, 0.25) is 5.91 Å². The summed E-state index contributed by atoms with van der Waals surface area (Å²) in [7, 11) is 0. The molecule has 2 aromatic carbocycles. The zero-order valence-electron chi connectivity index (χ0n) is 16.3. The molecule has 0 saturated carbocycles. The van der Waals surface area contributed by atoms with Gasteiger partial charge in [-0.3, -0.25) is 4.79 Å². The van der Waals surface area contributed by atoms with Crippen LogP contribution in [0, 0.1) is 11.7 Å². The van der Waals surface area contributed by atoms with Crippen molar-refractivity contribution in [1.29, 1.82) is 0 Å². The minimum absolute atomic E-state index is 0.0107. The van der Waals surface area contributed by atoms with Gasteiger partial charge in [0.1, 0.15) is 5.82 Å². The molecule has 0 spiro atoms. The zero-order chi connectivity index (χ0) is 20.0. The Labute approximate surface area is 169 Å². The van der Waals surface area contributed by atoms with Crippen molar-refractivity contribution >= 4 is 17.3 Å². The number of nitrogens with zero attached hydrogens (tertiary/aromatic N) is 3. The van der Waals surface area contributed by atoms with E-state index in [1.165, 1.54) is 6.92 Å². The molecule has 2 aliphatic rings. The lowest BCUT2D eigenvalue weighted by Crippen LogP contribution is -2.36. The Morgan fingerprint density at radius 2 is 1.97 bits per heavy atom. The van der Waals surface area contributed by atoms with Crippen LogP contribution >= 0.6 is 0 Å². The van der Waals surface area contributed by atoms with Gasteiger partial charge in [-0.15, -0.1) is 0 Å². The number of piperidine rings is 1. The summed E-state index contributed by atoms with van der Waals surface area (Å²) in [4.78, 5) is 18.0. The number of carbonyl (C=O) groups excluding carboxylic acids is 1. The molecule has 5 rings (SSSR count). The molecule has 3 aromatic rings. The van der Waals surface area contributed by atoms with Crippen molar-refractivity contribution in [2.45, 2.75) is 25.8 Å². The number of anilines is 2. The average Bonchev–Trinajstić information content (AvgIpc) is 3.30. The Bertz CT molecular complexity index is 1070. The number of aromatic nitrogens is 2. The number of rotatable bonds is 3. The van der Waals surface area contributed by atoms with Crippen LogP contribution in [0.25, 0.3) is 11.3 Å². The van der Waals surface area contributed by atoms with Crippen LogP contribution in [0.4, 0.5) is 15.8 Å². The summed E-state index contributed by atoms with van der Waals surface area (Å²) in [5, 5.41) is 2.85. The molecular weight excluding hydrogens is 367 g/mol. The quantitative estimate of drug-likeness (QED) is 0.718. The van der Waals surface area contributed by atoms with Crippen LogP contribution in [0.5, 0.6) is 0 Å². The van der Waals surface area contributed by atoms with Gasteiger partial charge in [-0.1, -0.05) is 18.2 Å². The third kappa shape index (κ3) is 3.09. The number of halogens is 1. The van der Waals surface area contributed by atoms with E-state index >= 15 is 0 Å². The van der Waals surface area contributed by atoms with Gasteiger partial charge in [-0.05, 0) is 43.0 Å². The largest absolute Gasteiger partial charge is 0.371 e. The topological polar surface area (TPSA) is 50.2 Å². The van der Waals surface area contributed by atoms with E-state index in [0.717, 1.165) is 54.1 Å². The van der Waals surface area contributed by atoms with Gasteiger partial charge in [-0.2, -0.15) is 0 Å². The molecule has 3 heterocycles. The van der Waals surface area contributed by atoms with Crippen LogP contribution in [-0.2, 0) is 4.79 Å². The van der Waals surface area contributed by atoms with E-state index in [1.54, 1.807) is 12.1 Å². The van der Waals surface area contributed by atoms with E-state index in [1.807, 2.05) is 36.8 Å². The van der Waals surface area contributed by atoms with Crippen LogP contribution in [0.3, 0.4) is 0 Å². The highest BCUT2D eigenvalue weighted by Gasteiger charge is 2.37. The summed E-state index contributed by atoms with van der Waals surface area (Å²) < 4.78 is 16.9. The second-order valence-electron chi connectivity index (χ2n) is 7.89. The molecular formula is C23H23FN4O.